The Morgan fingerprint density at radius 2 is 2.03 bits per heavy atom. The molecule has 0 unspecified atom stereocenters. The number of esters is 1. The Balaban J connectivity index is 0.00000304. The molecule has 0 saturated carbocycles. The lowest BCUT2D eigenvalue weighted by atomic mass is 10.2. The van der Waals surface area contributed by atoms with Crippen molar-refractivity contribution in [3.8, 4) is 0 Å². The first-order valence-corrected chi connectivity index (χ1v) is 14.9. The molecule has 1 aliphatic heterocycles. The highest BCUT2D eigenvalue weighted by Crippen LogP contribution is 2.46. The molecule has 0 spiro atoms. The minimum Gasteiger partial charge on any atom is -1.00 e. The molecule has 5 rings (SSSR count). The van der Waals surface area contributed by atoms with E-state index in [-0.39, 0.29) is 23.9 Å². The third kappa shape index (κ3) is 4.97. The summed E-state index contributed by atoms with van der Waals surface area (Å²) in [6.45, 7) is 3.13. The van der Waals surface area contributed by atoms with Gasteiger partial charge in [-0.2, -0.15) is 4.57 Å². The fourth-order valence-corrected chi connectivity index (χ4v) is 8.58. The molecule has 1 aliphatic rings. The summed E-state index contributed by atoms with van der Waals surface area (Å²) in [5.74, 6) is -0.317. The third-order valence-corrected chi connectivity index (χ3v) is 10.4. The average molecular weight is 643 g/mol. The summed E-state index contributed by atoms with van der Waals surface area (Å²) in [6.07, 6.45) is 4.07. The zero-order valence-corrected chi connectivity index (χ0v) is 25.1. The van der Waals surface area contributed by atoms with Gasteiger partial charge in [-0.25, -0.2) is 4.79 Å². The zero-order valence-electron chi connectivity index (χ0n) is 19.5. The number of hydrogen-bond acceptors (Lipinski definition) is 8. The summed E-state index contributed by atoms with van der Waals surface area (Å²) in [5, 5.41) is 5.88. The summed E-state index contributed by atoms with van der Waals surface area (Å²) < 4.78 is 11.5. The van der Waals surface area contributed by atoms with Crippen molar-refractivity contribution in [1.29, 1.82) is 0 Å². The van der Waals surface area contributed by atoms with E-state index in [9.17, 15) is 9.59 Å². The number of rotatable bonds is 5. The summed E-state index contributed by atoms with van der Waals surface area (Å²) in [6, 6.07) is 8.13. The lowest BCUT2D eigenvalue weighted by Gasteiger charge is -2.12. The Morgan fingerprint density at radius 1 is 1.22 bits per heavy atom. The predicted octanol–water partition coefficient (Wildman–Crippen LogP) is 1.08. The number of halogens is 2. The van der Waals surface area contributed by atoms with Crippen LogP contribution in [0.25, 0.3) is 11.1 Å². The van der Waals surface area contributed by atoms with Crippen LogP contribution in [-0.2, 0) is 17.8 Å². The SMILES string of the molecule is CCn1c(=O)/c(=C2\Sc3cc(Br)ccc3N2C)s/c1=C\c1scc[n+]1Cc1ccsc1C(=O)OC.[Cl-]. The number of thiophene rings is 1. The maximum atomic E-state index is 13.4. The zero-order chi connectivity index (χ0) is 24.7. The molecule has 0 N–H and O–H groups in total. The van der Waals surface area contributed by atoms with E-state index in [1.807, 2.05) is 47.6 Å². The maximum Gasteiger partial charge on any atom is 0.348 e. The number of hydrogen-bond donors (Lipinski definition) is 0. The van der Waals surface area contributed by atoms with E-state index in [4.69, 9.17) is 4.74 Å². The summed E-state index contributed by atoms with van der Waals surface area (Å²) in [5.41, 5.74) is 2.05. The predicted molar refractivity (Wildman–Crippen MR) is 148 cm³/mol. The number of nitrogens with zero attached hydrogens (tertiary/aromatic N) is 3. The molecule has 0 saturated heterocycles. The van der Waals surface area contributed by atoms with Crippen molar-refractivity contribution >= 4 is 84.5 Å². The Kier molecular flexibility index (Phi) is 8.48. The Hall–Kier alpha value is -1.89. The van der Waals surface area contributed by atoms with E-state index in [0.29, 0.717) is 18.0 Å². The first-order valence-electron chi connectivity index (χ1n) is 10.7. The second-order valence-electron chi connectivity index (χ2n) is 7.68. The van der Waals surface area contributed by atoms with Gasteiger partial charge >= 0.3 is 5.97 Å². The van der Waals surface area contributed by atoms with Crippen molar-refractivity contribution in [2.75, 3.05) is 19.1 Å². The molecule has 0 fully saturated rings. The number of benzene rings is 1. The summed E-state index contributed by atoms with van der Waals surface area (Å²) in [4.78, 5) is 29.4. The van der Waals surface area contributed by atoms with Gasteiger partial charge in [-0.15, -0.1) is 22.7 Å². The van der Waals surface area contributed by atoms with Crippen LogP contribution in [0, 0.1) is 0 Å². The molecule has 6 nitrogen and oxygen atoms in total. The number of ether oxygens (including phenoxy) is 1. The molecule has 0 atom stereocenters. The molecule has 1 aromatic carbocycles. The summed E-state index contributed by atoms with van der Waals surface area (Å²) >= 11 is 9.68. The topological polar surface area (TPSA) is 55.4 Å². The first-order chi connectivity index (χ1) is 16.9. The number of thioether (sulfide) groups is 1. The highest BCUT2D eigenvalue weighted by atomic mass is 79.9. The molecule has 0 bridgehead atoms. The molecule has 0 amide bonds. The van der Waals surface area contributed by atoms with Gasteiger partial charge in [0, 0.05) is 28.5 Å². The van der Waals surface area contributed by atoms with Gasteiger partial charge in [0.2, 0.25) is 0 Å². The van der Waals surface area contributed by atoms with Crippen LogP contribution in [0.3, 0.4) is 0 Å². The highest BCUT2D eigenvalue weighted by Gasteiger charge is 2.25. The third-order valence-electron chi connectivity index (χ3n) is 5.63. The van der Waals surface area contributed by atoms with E-state index < -0.39 is 0 Å². The van der Waals surface area contributed by atoms with Gasteiger partial charge in [0.15, 0.2) is 12.7 Å². The fourth-order valence-electron chi connectivity index (χ4n) is 3.88. The van der Waals surface area contributed by atoms with Crippen LogP contribution >= 0.6 is 61.7 Å². The van der Waals surface area contributed by atoms with Gasteiger partial charge in [-0.05, 0) is 36.6 Å². The minimum absolute atomic E-state index is 0. The second kappa shape index (κ2) is 11.2. The molecule has 4 aromatic rings. The van der Waals surface area contributed by atoms with Gasteiger partial charge in [0.25, 0.3) is 10.6 Å². The normalized spacial score (nSPS) is 14.7. The molecule has 0 radical (unpaired) electrons. The van der Waals surface area contributed by atoms with Crippen LogP contribution < -0.4 is 36.6 Å². The maximum absolute atomic E-state index is 13.4. The molecule has 12 heteroatoms. The summed E-state index contributed by atoms with van der Waals surface area (Å²) in [7, 11) is 3.41. The highest BCUT2D eigenvalue weighted by molar-refractivity contribution is 9.10. The first kappa shape index (κ1) is 27.2. The molecule has 4 heterocycles. The lowest BCUT2D eigenvalue weighted by Crippen LogP contribution is -3.00. The van der Waals surface area contributed by atoms with Gasteiger partial charge < -0.3 is 22.0 Å². The van der Waals surface area contributed by atoms with E-state index in [0.717, 1.165) is 39.9 Å². The average Bonchev–Trinajstić information content (AvgIpc) is 3.61. The van der Waals surface area contributed by atoms with Crippen molar-refractivity contribution in [2.45, 2.75) is 24.9 Å². The standard InChI is InChI=1S/C24H21BrN3O3S4.ClH/c1-4-28-19(12-18-27(8-10-32-18)13-14-7-9-33-20(14)24(30)31-3)35-21(22(28)29)23-26(2)16-6-5-15(25)11-17(16)34-23;/h5-12H,4,13H2,1-3H3;1H/q+1;/p-1/b23-21+;. The monoisotopic (exact) mass is 641 g/mol. The van der Waals surface area contributed by atoms with Gasteiger partial charge in [0.05, 0.1) is 24.3 Å². The number of carbonyl (C=O) groups excluding carboxylic acids is 1. The van der Waals surface area contributed by atoms with Crippen LogP contribution in [-0.4, -0.2) is 24.7 Å². The van der Waals surface area contributed by atoms with Gasteiger partial charge in [-0.3, -0.25) is 9.36 Å². The van der Waals surface area contributed by atoms with E-state index in [1.54, 1.807) is 23.1 Å². The quantitative estimate of drug-likeness (QED) is 0.241. The van der Waals surface area contributed by atoms with Crippen molar-refractivity contribution in [1.82, 2.24) is 4.57 Å². The largest absolute Gasteiger partial charge is 1.00 e. The van der Waals surface area contributed by atoms with Crippen molar-refractivity contribution in [3.63, 3.8) is 0 Å². The number of thiazole rings is 2. The van der Waals surface area contributed by atoms with Crippen molar-refractivity contribution in [3.05, 3.63) is 80.7 Å². The Bertz CT molecular complexity index is 1620. The smallest absolute Gasteiger partial charge is 0.348 e. The fraction of sp³-hybridized carbons (Fsp3) is 0.208. The molecular weight excluding hydrogens is 622 g/mol. The lowest BCUT2D eigenvalue weighted by molar-refractivity contribution is -0.685. The molecule has 3 aromatic heterocycles. The van der Waals surface area contributed by atoms with E-state index in [1.165, 1.54) is 29.8 Å². The molecular formula is C24H21BrClN3O3S4. The Labute approximate surface area is 238 Å². The second-order valence-corrected chi connectivity index (χ2v) is 12.5. The van der Waals surface area contributed by atoms with Gasteiger partial charge in [0.1, 0.15) is 19.1 Å². The molecule has 0 aliphatic carbocycles. The minimum atomic E-state index is -0.317. The number of anilines is 1. The van der Waals surface area contributed by atoms with Gasteiger partial charge in [-0.1, -0.05) is 39.0 Å². The van der Waals surface area contributed by atoms with Crippen LogP contribution in [0.1, 0.15) is 27.2 Å². The van der Waals surface area contributed by atoms with Crippen LogP contribution in [0.2, 0.25) is 0 Å². The number of fused-ring (bicyclic) bond motifs is 1. The molecule has 36 heavy (non-hydrogen) atoms. The molecule has 188 valence electrons. The number of aromatic nitrogens is 2. The number of methoxy groups -OCH3 is 1. The van der Waals surface area contributed by atoms with Crippen LogP contribution in [0.15, 0.2) is 55.4 Å². The van der Waals surface area contributed by atoms with Crippen LogP contribution in [0.5, 0.6) is 0 Å². The van der Waals surface area contributed by atoms with Crippen LogP contribution in [0.4, 0.5) is 5.69 Å². The van der Waals surface area contributed by atoms with Crippen molar-refractivity contribution < 1.29 is 26.5 Å². The van der Waals surface area contributed by atoms with E-state index in [2.05, 4.69) is 43.6 Å². The Morgan fingerprint density at radius 3 is 2.78 bits per heavy atom. The van der Waals surface area contributed by atoms with Crippen molar-refractivity contribution in [2.24, 2.45) is 0 Å². The number of carbonyl (C=O) groups is 1. The van der Waals surface area contributed by atoms with E-state index >= 15 is 0 Å².